The van der Waals surface area contributed by atoms with E-state index in [1.807, 2.05) is 0 Å². The summed E-state index contributed by atoms with van der Waals surface area (Å²) < 4.78 is 18.3. The second kappa shape index (κ2) is 7.30. The third-order valence-electron chi connectivity index (χ3n) is 6.29. The van der Waals surface area contributed by atoms with E-state index in [1.54, 1.807) is 0 Å². The van der Waals surface area contributed by atoms with Crippen molar-refractivity contribution in [2.45, 2.75) is 44.9 Å². The van der Waals surface area contributed by atoms with Crippen LogP contribution in [0.25, 0.3) is 0 Å². The molecule has 27 heavy (non-hydrogen) atoms. The van der Waals surface area contributed by atoms with Crippen molar-refractivity contribution in [3.63, 3.8) is 0 Å². The van der Waals surface area contributed by atoms with Gasteiger partial charge in [0, 0.05) is 6.42 Å². The fourth-order valence-electron chi connectivity index (χ4n) is 5.80. The monoisotopic (exact) mass is 394 g/mol. The highest BCUT2D eigenvalue weighted by molar-refractivity contribution is 6.32. The summed E-state index contributed by atoms with van der Waals surface area (Å²) in [7, 11) is 0. The van der Waals surface area contributed by atoms with Crippen molar-refractivity contribution in [3.8, 4) is 5.75 Å². The summed E-state index contributed by atoms with van der Waals surface area (Å²) in [5.74, 6) is 1.45. The molecule has 0 spiro atoms. The predicted molar refractivity (Wildman–Crippen MR) is 98.4 cm³/mol. The lowest BCUT2D eigenvalue weighted by atomic mass is 9.49. The van der Waals surface area contributed by atoms with Crippen LogP contribution in [-0.2, 0) is 9.59 Å². The van der Waals surface area contributed by atoms with Gasteiger partial charge in [0.1, 0.15) is 11.6 Å². The minimum atomic E-state index is -0.491. The van der Waals surface area contributed by atoms with Crippen LogP contribution in [0.5, 0.6) is 5.75 Å². The molecule has 5 nitrogen and oxygen atoms in total. The maximum Gasteiger partial charge on any atom is 0.276 e. The van der Waals surface area contributed by atoms with Gasteiger partial charge < -0.3 is 4.74 Å². The van der Waals surface area contributed by atoms with Crippen LogP contribution in [0.2, 0.25) is 5.02 Å². The fourth-order valence-corrected chi connectivity index (χ4v) is 6.02. The SMILES string of the molecule is O=C(COc1ccc(F)cc1Cl)NNC(=O)CC12CC3CC(CC(C3)C1)C2. The molecule has 4 bridgehead atoms. The van der Waals surface area contributed by atoms with Crippen LogP contribution in [0.1, 0.15) is 44.9 Å². The Hall–Kier alpha value is -1.82. The van der Waals surface area contributed by atoms with E-state index in [0.29, 0.717) is 6.42 Å². The molecule has 146 valence electrons. The summed E-state index contributed by atoms with van der Waals surface area (Å²) in [6.07, 6.45) is 7.91. The van der Waals surface area contributed by atoms with Crippen molar-refractivity contribution in [2.24, 2.45) is 23.2 Å². The zero-order valence-corrected chi connectivity index (χ0v) is 15.9. The molecule has 1 aromatic carbocycles. The molecule has 4 aliphatic rings. The Labute approximate surface area is 162 Å². The van der Waals surface area contributed by atoms with E-state index in [1.165, 1.54) is 31.4 Å². The summed E-state index contributed by atoms with van der Waals surface area (Å²) >= 11 is 5.85. The highest BCUT2D eigenvalue weighted by atomic mass is 35.5. The quantitative estimate of drug-likeness (QED) is 0.749. The molecule has 1 aromatic rings. The highest BCUT2D eigenvalue weighted by Crippen LogP contribution is 2.61. The molecule has 0 unspecified atom stereocenters. The normalized spacial score (nSPS) is 30.8. The third kappa shape index (κ3) is 4.21. The number of carbonyl (C=O) groups is 2. The van der Waals surface area contributed by atoms with Crippen molar-refractivity contribution >= 4 is 23.4 Å². The highest BCUT2D eigenvalue weighted by Gasteiger charge is 2.51. The van der Waals surface area contributed by atoms with Crippen molar-refractivity contribution < 1.29 is 18.7 Å². The lowest BCUT2D eigenvalue weighted by Gasteiger charge is -2.56. The Morgan fingerprint density at radius 1 is 1.07 bits per heavy atom. The number of hydrogen-bond donors (Lipinski definition) is 2. The Morgan fingerprint density at radius 3 is 2.26 bits per heavy atom. The van der Waals surface area contributed by atoms with Crippen molar-refractivity contribution in [1.29, 1.82) is 0 Å². The molecule has 0 saturated heterocycles. The minimum Gasteiger partial charge on any atom is -0.482 e. The molecule has 2 amide bonds. The van der Waals surface area contributed by atoms with E-state index >= 15 is 0 Å². The molecule has 0 radical (unpaired) electrons. The molecule has 4 saturated carbocycles. The second-order valence-electron chi connectivity index (χ2n) is 8.55. The molecule has 4 fully saturated rings. The lowest BCUT2D eigenvalue weighted by Crippen LogP contribution is -2.50. The van der Waals surface area contributed by atoms with E-state index in [-0.39, 0.29) is 28.7 Å². The van der Waals surface area contributed by atoms with Gasteiger partial charge in [-0.3, -0.25) is 20.4 Å². The average molecular weight is 395 g/mol. The molecule has 0 aromatic heterocycles. The summed E-state index contributed by atoms with van der Waals surface area (Å²) in [6.45, 7) is -0.316. The number of hydrazine groups is 1. The average Bonchev–Trinajstić information content (AvgIpc) is 2.57. The maximum atomic E-state index is 13.0. The molecule has 7 heteroatoms. The Bertz CT molecular complexity index is 719. The van der Waals surface area contributed by atoms with Crippen LogP contribution < -0.4 is 15.6 Å². The van der Waals surface area contributed by atoms with Gasteiger partial charge in [0.05, 0.1) is 5.02 Å². The topological polar surface area (TPSA) is 67.4 Å². The molecular formula is C20H24ClFN2O3. The van der Waals surface area contributed by atoms with Gasteiger partial charge in [-0.05, 0) is 79.9 Å². The molecule has 0 heterocycles. The van der Waals surface area contributed by atoms with Crippen LogP contribution in [0.15, 0.2) is 18.2 Å². The minimum absolute atomic E-state index is 0.0913. The van der Waals surface area contributed by atoms with E-state index in [9.17, 15) is 14.0 Å². The predicted octanol–water partition coefficient (Wildman–Crippen LogP) is 3.61. The largest absolute Gasteiger partial charge is 0.482 e. The van der Waals surface area contributed by atoms with Gasteiger partial charge in [0.25, 0.3) is 5.91 Å². The van der Waals surface area contributed by atoms with Gasteiger partial charge >= 0.3 is 0 Å². The van der Waals surface area contributed by atoms with Crippen LogP contribution in [0.4, 0.5) is 4.39 Å². The Morgan fingerprint density at radius 2 is 1.67 bits per heavy atom. The van der Waals surface area contributed by atoms with E-state index in [4.69, 9.17) is 16.3 Å². The first-order valence-corrected chi connectivity index (χ1v) is 9.94. The number of amides is 2. The Kier molecular flexibility index (Phi) is 5.01. The molecular weight excluding hydrogens is 371 g/mol. The standard InChI is InChI=1S/C20H24ClFN2O3/c21-16-6-15(22)1-2-17(16)27-11-19(26)24-23-18(25)10-20-7-12-3-13(8-20)5-14(4-12)9-20/h1-2,6,12-14H,3-5,7-11H2,(H,23,25)(H,24,26). The molecule has 0 atom stereocenters. The number of rotatable bonds is 5. The van der Waals surface area contributed by atoms with Crippen LogP contribution in [-0.4, -0.2) is 18.4 Å². The first kappa shape index (κ1) is 18.5. The molecule has 0 aliphatic heterocycles. The fraction of sp³-hybridized carbons (Fsp3) is 0.600. The first-order chi connectivity index (χ1) is 12.9. The van der Waals surface area contributed by atoms with Crippen LogP contribution in [0, 0.1) is 29.0 Å². The van der Waals surface area contributed by atoms with Crippen molar-refractivity contribution in [1.82, 2.24) is 10.9 Å². The van der Waals surface area contributed by atoms with Gasteiger partial charge in [-0.1, -0.05) is 11.6 Å². The van der Waals surface area contributed by atoms with E-state index < -0.39 is 11.7 Å². The Balaban J connectivity index is 1.23. The number of carbonyl (C=O) groups excluding carboxylic acids is 2. The second-order valence-corrected chi connectivity index (χ2v) is 8.96. The van der Waals surface area contributed by atoms with E-state index in [2.05, 4.69) is 10.9 Å². The zero-order chi connectivity index (χ0) is 19.0. The molecule has 2 N–H and O–H groups in total. The molecule has 5 rings (SSSR count). The van der Waals surface area contributed by atoms with Crippen molar-refractivity contribution in [2.75, 3.05) is 6.61 Å². The van der Waals surface area contributed by atoms with Gasteiger partial charge in [-0.15, -0.1) is 0 Å². The number of nitrogens with one attached hydrogen (secondary N) is 2. The number of halogens is 2. The summed E-state index contributed by atoms with van der Waals surface area (Å²) in [5, 5.41) is 0.0913. The number of hydrogen-bond acceptors (Lipinski definition) is 3. The van der Waals surface area contributed by atoms with Gasteiger partial charge in [-0.2, -0.15) is 0 Å². The molecule has 4 aliphatic carbocycles. The van der Waals surface area contributed by atoms with Crippen molar-refractivity contribution in [3.05, 3.63) is 29.0 Å². The first-order valence-electron chi connectivity index (χ1n) is 9.56. The van der Waals surface area contributed by atoms with E-state index in [0.717, 1.165) is 43.1 Å². The smallest absolute Gasteiger partial charge is 0.276 e. The lowest BCUT2D eigenvalue weighted by molar-refractivity contribution is -0.134. The summed E-state index contributed by atoms with van der Waals surface area (Å²) in [4.78, 5) is 24.3. The summed E-state index contributed by atoms with van der Waals surface area (Å²) in [5.41, 5.74) is 5.02. The van der Waals surface area contributed by atoms with Gasteiger partial charge in [0.2, 0.25) is 5.91 Å². The maximum absolute atomic E-state index is 13.0. The van der Waals surface area contributed by atoms with Crippen LogP contribution in [0.3, 0.4) is 0 Å². The van der Waals surface area contributed by atoms with Gasteiger partial charge in [-0.25, -0.2) is 4.39 Å². The van der Waals surface area contributed by atoms with Gasteiger partial charge in [0.15, 0.2) is 6.61 Å². The third-order valence-corrected chi connectivity index (χ3v) is 6.59. The summed E-state index contributed by atoms with van der Waals surface area (Å²) in [6, 6.07) is 3.67. The number of benzene rings is 1. The number of ether oxygens (including phenoxy) is 1. The van der Waals surface area contributed by atoms with Crippen LogP contribution >= 0.6 is 11.6 Å². The zero-order valence-electron chi connectivity index (χ0n) is 15.1.